The summed E-state index contributed by atoms with van der Waals surface area (Å²) < 4.78 is 25.5. The molecule has 2 nitrogen and oxygen atoms in total. The topological polar surface area (TPSA) is 29.1 Å². The summed E-state index contributed by atoms with van der Waals surface area (Å²) in [5.41, 5.74) is 0.0658. The van der Waals surface area contributed by atoms with Gasteiger partial charge in [-0.15, -0.1) is 0 Å². The van der Waals surface area contributed by atoms with Crippen LogP contribution in [0.1, 0.15) is 23.7 Å². The molecule has 0 spiro atoms. The van der Waals surface area contributed by atoms with Crippen LogP contribution in [0.5, 0.6) is 0 Å². The van der Waals surface area contributed by atoms with Crippen LogP contribution in [0.3, 0.4) is 0 Å². The molecule has 0 atom stereocenters. The van der Waals surface area contributed by atoms with Crippen molar-refractivity contribution in [3.8, 4) is 0 Å². The minimum atomic E-state index is -0.728. The Bertz CT molecular complexity index is 332. The summed E-state index contributed by atoms with van der Waals surface area (Å²) in [6.45, 7) is 2.79. The molecule has 1 aromatic rings. The third kappa shape index (κ3) is 3.75. The van der Waals surface area contributed by atoms with Gasteiger partial charge in [0.2, 0.25) is 0 Å². The van der Waals surface area contributed by atoms with Gasteiger partial charge in [0, 0.05) is 11.6 Å². The number of benzene rings is 1. The van der Waals surface area contributed by atoms with Gasteiger partial charge in [-0.1, -0.05) is 6.92 Å². The highest BCUT2D eigenvalue weighted by Gasteiger charge is 2.08. The number of ketones is 1. The fraction of sp³-hybridized carbons (Fsp3) is 0.364. The molecule has 0 unspecified atom stereocenters. The molecular weight excluding hydrogens is 200 g/mol. The molecule has 0 saturated carbocycles. The molecule has 0 bridgehead atoms. The van der Waals surface area contributed by atoms with Crippen molar-refractivity contribution in [2.75, 3.05) is 13.1 Å². The summed E-state index contributed by atoms with van der Waals surface area (Å²) in [6.07, 6.45) is 0.908. The summed E-state index contributed by atoms with van der Waals surface area (Å²) in [4.78, 5) is 11.4. The lowest BCUT2D eigenvalue weighted by molar-refractivity contribution is 0.0990. The van der Waals surface area contributed by atoms with Crippen molar-refractivity contribution in [3.05, 3.63) is 35.4 Å². The monoisotopic (exact) mass is 213 g/mol. The molecule has 1 aromatic carbocycles. The zero-order valence-electron chi connectivity index (χ0n) is 8.52. The molecule has 0 aliphatic carbocycles. The minimum Gasteiger partial charge on any atom is -0.310 e. The summed E-state index contributed by atoms with van der Waals surface area (Å²) in [5.74, 6) is -1.76. The van der Waals surface area contributed by atoms with Crippen molar-refractivity contribution in [2.24, 2.45) is 0 Å². The minimum absolute atomic E-state index is 0.0658. The van der Waals surface area contributed by atoms with E-state index in [-0.39, 0.29) is 17.9 Å². The largest absolute Gasteiger partial charge is 0.310 e. The first-order chi connectivity index (χ1) is 7.13. The first-order valence-corrected chi connectivity index (χ1v) is 4.83. The van der Waals surface area contributed by atoms with Crippen molar-refractivity contribution in [2.45, 2.75) is 13.3 Å². The fourth-order valence-electron chi connectivity index (χ4n) is 1.20. The average molecular weight is 213 g/mol. The third-order valence-electron chi connectivity index (χ3n) is 1.90. The molecule has 1 N–H and O–H groups in total. The van der Waals surface area contributed by atoms with E-state index in [4.69, 9.17) is 0 Å². The number of hydrogen-bond donors (Lipinski definition) is 1. The van der Waals surface area contributed by atoms with Gasteiger partial charge in [-0.2, -0.15) is 0 Å². The normalized spacial score (nSPS) is 10.3. The summed E-state index contributed by atoms with van der Waals surface area (Å²) in [7, 11) is 0. The van der Waals surface area contributed by atoms with Gasteiger partial charge in [-0.25, -0.2) is 8.78 Å². The lowest BCUT2D eigenvalue weighted by atomic mass is 10.1. The molecule has 1 rings (SSSR count). The van der Waals surface area contributed by atoms with Crippen LogP contribution in [0.2, 0.25) is 0 Å². The van der Waals surface area contributed by atoms with E-state index in [1.165, 1.54) is 0 Å². The second kappa shape index (κ2) is 5.56. The standard InChI is InChI=1S/C11H13F2NO/c1-2-3-14-7-11(15)8-4-9(12)6-10(13)5-8/h4-6,14H,2-3,7H2,1H3. The van der Waals surface area contributed by atoms with E-state index in [1.54, 1.807) is 0 Å². The summed E-state index contributed by atoms with van der Waals surface area (Å²) >= 11 is 0. The Morgan fingerprint density at radius 1 is 1.27 bits per heavy atom. The van der Waals surface area contributed by atoms with Crippen LogP contribution in [0.25, 0.3) is 0 Å². The molecule has 0 saturated heterocycles. The predicted molar refractivity (Wildman–Crippen MR) is 53.8 cm³/mol. The maximum Gasteiger partial charge on any atom is 0.176 e. The Morgan fingerprint density at radius 3 is 2.40 bits per heavy atom. The van der Waals surface area contributed by atoms with Crippen LogP contribution in [0.15, 0.2) is 18.2 Å². The number of hydrogen-bond acceptors (Lipinski definition) is 2. The van der Waals surface area contributed by atoms with Crippen LogP contribution in [-0.2, 0) is 0 Å². The van der Waals surface area contributed by atoms with E-state index in [2.05, 4.69) is 5.32 Å². The van der Waals surface area contributed by atoms with Crippen LogP contribution in [0, 0.1) is 11.6 Å². The Hall–Kier alpha value is -1.29. The van der Waals surface area contributed by atoms with Crippen LogP contribution in [-0.4, -0.2) is 18.9 Å². The van der Waals surface area contributed by atoms with Gasteiger partial charge in [0.1, 0.15) is 11.6 Å². The van der Waals surface area contributed by atoms with Crippen LogP contribution in [0.4, 0.5) is 8.78 Å². The molecule has 15 heavy (non-hydrogen) atoms. The lowest BCUT2D eigenvalue weighted by Gasteiger charge is -2.03. The van der Waals surface area contributed by atoms with E-state index in [9.17, 15) is 13.6 Å². The predicted octanol–water partition coefficient (Wildman–Crippen LogP) is 2.15. The fourth-order valence-corrected chi connectivity index (χ4v) is 1.20. The second-order valence-electron chi connectivity index (χ2n) is 3.26. The molecule has 0 heterocycles. The molecule has 0 fully saturated rings. The molecule has 0 amide bonds. The second-order valence-corrected chi connectivity index (χ2v) is 3.26. The van der Waals surface area contributed by atoms with Crippen molar-refractivity contribution < 1.29 is 13.6 Å². The number of nitrogens with one attached hydrogen (secondary N) is 1. The van der Waals surface area contributed by atoms with Gasteiger partial charge in [0.15, 0.2) is 5.78 Å². The maximum atomic E-state index is 12.8. The summed E-state index contributed by atoms with van der Waals surface area (Å²) in [6, 6.07) is 2.83. The van der Waals surface area contributed by atoms with Gasteiger partial charge in [0.25, 0.3) is 0 Å². The molecular formula is C11H13F2NO. The molecule has 0 aromatic heterocycles. The maximum absolute atomic E-state index is 12.8. The van der Waals surface area contributed by atoms with Gasteiger partial charge in [0.05, 0.1) is 6.54 Å². The van der Waals surface area contributed by atoms with E-state index >= 15 is 0 Å². The number of carbonyl (C=O) groups excluding carboxylic acids is 1. The van der Waals surface area contributed by atoms with Crippen molar-refractivity contribution in [1.82, 2.24) is 5.32 Å². The van der Waals surface area contributed by atoms with E-state index < -0.39 is 11.6 Å². The lowest BCUT2D eigenvalue weighted by Crippen LogP contribution is -2.23. The smallest absolute Gasteiger partial charge is 0.176 e. The molecule has 82 valence electrons. The summed E-state index contributed by atoms with van der Waals surface area (Å²) in [5, 5.41) is 2.88. The molecule has 4 heteroatoms. The zero-order valence-corrected chi connectivity index (χ0v) is 8.52. The first-order valence-electron chi connectivity index (χ1n) is 4.83. The van der Waals surface area contributed by atoms with E-state index in [0.29, 0.717) is 6.54 Å². The first kappa shape index (κ1) is 11.8. The number of rotatable bonds is 5. The van der Waals surface area contributed by atoms with Gasteiger partial charge < -0.3 is 5.32 Å². The SMILES string of the molecule is CCCNCC(=O)c1cc(F)cc(F)c1. The molecule has 0 radical (unpaired) electrons. The highest BCUT2D eigenvalue weighted by atomic mass is 19.1. The highest BCUT2D eigenvalue weighted by molar-refractivity contribution is 5.97. The van der Waals surface area contributed by atoms with Gasteiger partial charge in [-0.05, 0) is 25.1 Å². The average Bonchev–Trinajstić information content (AvgIpc) is 2.16. The molecule has 0 aliphatic heterocycles. The third-order valence-corrected chi connectivity index (χ3v) is 1.90. The van der Waals surface area contributed by atoms with Crippen LogP contribution >= 0.6 is 0 Å². The zero-order chi connectivity index (χ0) is 11.3. The Morgan fingerprint density at radius 2 is 1.87 bits per heavy atom. The number of carbonyl (C=O) groups is 1. The van der Waals surface area contributed by atoms with Crippen molar-refractivity contribution in [3.63, 3.8) is 0 Å². The van der Waals surface area contributed by atoms with E-state index in [1.807, 2.05) is 6.92 Å². The molecule has 0 aliphatic rings. The van der Waals surface area contributed by atoms with Crippen LogP contribution < -0.4 is 5.32 Å². The van der Waals surface area contributed by atoms with Gasteiger partial charge in [-0.3, -0.25) is 4.79 Å². The van der Waals surface area contributed by atoms with Crippen molar-refractivity contribution >= 4 is 5.78 Å². The van der Waals surface area contributed by atoms with Crippen molar-refractivity contribution in [1.29, 1.82) is 0 Å². The van der Waals surface area contributed by atoms with Gasteiger partial charge >= 0.3 is 0 Å². The number of halogens is 2. The Labute approximate surface area is 87.3 Å². The number of Topliss-reactive ketones (excluding diaryl/α,β-unsaturated/α-hetero) is 1. The highest BCUT2D eigenvalue weighted by Crippen LogP contribution is 2.08. The Balaban J connectivity index is 2.65. The van der Waals surface area contributed by atoms with E-state index in [0.717, 1.165) is 24.6 Å². The quantitative estimate of drug-likeness (QED) is 0.599. The Kier molecular flexibility index (Phi) is 4.37.